The molecule has 0 fully saturated rings. The summed E-state index contributed by atoms with van der Waals surface area (Å²) in [6.45, 7) is 5.46. The third kappa shape index (κ3) is 4.99. The van der Waals surface area contributed by atoms with Gasteiger partial charge in [0.05, 0.1) is 16.0 Å². The van der Waals surface area contributed by atoms with Crippen LogP contribution >= 0.6 is 11.3 Å². The number of aromatic nitrogens is 2. The van der Waals surface area contributed by atoms with Crippen LogP contribution in [0.5, 0.6) is 0 Å². The van der Waals surface area contributed by atoms with Crippen molar-refractivity contribution in [2.45, 2.75) is 40.2 Å². The van der Waals surface area contributed by atoms with E-state index in [2.05, 4.69) is 5.32 Å². The molecule has 2 amide bonds. The minimum absolute atomic E-state index is 0.259. The predicted molar refractivity (Wildman–Crippen MR) is 148 cm³/mol. The molecule has 0 atom stereocenters. The molecule has 0 aliphatic heterocycles. The largest absolute Gasteiger partial charge is 0.344 e. The summed E-state index contributed by atoms with van der Waals surface area (Å²) in [7, 11) is 3.26. The third-order valence-electron chi connectivity index (χ3n) is 6.36. The summed E-state index contributed by atoms with van der Waals surface area (Å²) in [5.74, 6) is -0.679. The van der Waals surface area contributed by atoms with Crippen LogP contribution in [0.3, 0.4) is 0 Å². The van der Waals surface area contributed by atoms with E-state index < -0.39 is 17.2 Å². The van der Waals surface area contributed by atoms with E-state index in [-0.39, 0.29) is 17.8 Å². The number of carbonyl (C=O) groups is 2. The number of carbonyl (C=O) groups excluding carboxylic acids is 2. The number of nitrogens with one attached hydrogen (secondary N) is 1. The van der Waals surface area contributed by atoms with E-state index in [1.807, 2.05) is 50.2 Å². The molecule has 2 aromatic carbocycles. The first-order valence-corrected chi connectivity index (χ1v) is 13.0. The van der Waals surface area contributed by atoms with Crippen molar-refractivity contribution in [1.29, 1.82) is 0 Å². The third-order valence-corrected chi connectivity index (χ3v) is 7.67. The Balaban J connectivity index is 1.88. The zero-order valence-corrected chi connectivity index (χ0v) is 22.4. The maximum Gasteiger partial charge on any atom is 0.337 e. The Hall–Kier alpha value is -3.98. The standard InChI is InChI=1S/C28H30N4O4S/c1-6-18-8-12-20(13-9-18)29-22(33)16-31-27-23(17(3)24(37-27)26(35)30(4)5)25(34)32(28(31)36)21-14-10-19(7-2)11-15-21/h8-15H,6-7,16H2,1-5H3,(H,29,33). The van der Waals surface area contributed by atoms with Crippen LogP contribution in [0.2, 0.25) is 0 Å². The van der Waals surface area contributed by atoms with E-state index in [4.69, 9.17) is 0 Å². The van der Waals surface area contributed by atoms with E-state index in [1.165, 1.54) is 9.47 Å². The van der Waals surface area contributed by atoms with Crippen molar-refractivity contribution in [2.24, 2.45) is 0 Å². The van der Waals surface area contributed by atoms with E-state index in [0.717, 1.165) is 39.9 Å². The van der Waals surface area contributed by atoms with Crippen molar-refractivity contribution in [2.75, 3.05) is 19.4 Å². The molecule has 0 spiro atoms. The molecule has 4 rings (SSSR count). The van der Waals surface area contributed by atoms with Crippen LogP contribution < -0.4 is 16.6 Å². The topological polar surface area (TPSA) is 93.4 Å². The molecule has 2 aromatic heterocycles. The van der Waals surface area contributed by atoms with Gasteiger partial charge in [-0.15, -0.1) is 11.3 Å². The Kier molecular flexibility index (Phi) is 7.45. The van der Waals surface area contributed by atoms with Gasteiger partial charge in [-0.1, -0.05) is 38.1 Å². The Morgan fingerprint density at radius 3 is 2.03 bits per heavy atom. The number of thiophene rings is 1. The number of aryl methyl sites for hydroxylation is 3. The molecule has 0 saturated heterocycles. The van der Waals surface area contributed by atoms with Gasteiger partial charge in [0.1, 0.15) is 11.4 Å². The Labute approximate surface area is 218 Å². The smallest absolute Gasteiger partial charge is 0.337 e. The van der Waals surface area contributed by atoms with Crippen LogP contribution in [0.15, 0.2) is 58.1 Å². The first-order valence-electron chi connectivity index (χ1n) is 12.1. The molecule has 192 valence electrons. The number of anilines is 1. The summed E-state index contributed by atoms with van der Waals surface area (Å²) in [5.41, 5.74) is 2.57. The summed E-state index contributed by atoms with van der Waals surface area (Å²) in [4.78, 5) is 55.3. The number of rotatable bonds is 7. The first-order chi connectivity index (χ1) is 17.7. The van der Waals surface area contributed by atoms with Crippen LogP contribution in [-0.2, 0) is 24.2 Å². The van der Waals surface area contributed by atoms with Gasteiger partial charge in [-0.05, 0) is 60.7 Å². The number of fused-ring (bicyclic) bond motifs is 1. The molecule has 0 aliphatic rings. The van der Waals surface area contributed by atoms with Crippen molar-refractivity contribution >= 4 is 39.1 Å². The van der Waals surface area contributed by atoms with Crippen molar-refractivity contribution in [3.63, 3.8) is 0 Å². The summed E-state index contributed by atoms with van der Waals surface area (Å²) in [6, 6.07) is 14.7. The summed E-state index contributed by atoms with van der Waals surface area (Å²) in [6.07, 6.45) is 1.70. The number of hydrogen-bond donors (Lipinski definition) is 1. The van der Waals surface area contributed by atoms with E-state index >= 15 is 0 Å². The number of benzene rings is 2. The first kappa shape index (κ1) is 26.1. The van der Waals surface area contributed by atoms with Gasteiger partial charge in [0.25, 0.3) is 11.5 Å². The highest BCUT2D eigenvalue weighted by Crippen LogP contribution is 2.29. The highest BCUT2D eigenvalue weighted by Gasteiger charge is 2.25. The Morgan fingerprint density at radius 1 is 0.919 bits per heavy atom. The normalized spacial score (nSPS) is 11.1. The summed E-state index contributed by atoms with van der Waals surface area (Å²) >= 11 is 1.06. The maximum absolute atomic E-state index is 13.7. The minimum Gasteiger partial charge on any atom is -0.344 e. The number of amides is 2. The fraction of sp³-hybridized carbons (Fsp3) is 0.286. The van der Waals surface area contributed by atoms with Gasteiger partial charge in [0, 0.05) is 19.8 Å². The van der Waals surface area contributed by atoms with Crippen molar-refractivity contribution in [1.82, 2.24) is 14.0 Å². The van der Waals surface area contributed by atoms with Gasteiger partial charge < -0.3 is 10.2 Å². The van der Waals surface area contributed by atoms with Crippen molar-refractivity contribution < 1.29 is 9.59 Å². The number of nitrogens with zero attached hydrogens (tertiary/aromatic N) is 3. The molecule has 0 unspecified atom stereocenters. The van der Waals surface area contributed by atoms with Crippen LogP contribution in [0, 0.1) is 6.92 Å². The second kappa shape index (κ2) is 10.6. The van der Waals surface area contributed by atoms with Crippen LogP contribution in [0.25, 0.3) is 15.9 Å². The molecule has 9 heteroatoms. The van der Waals surface area contributed by atoms with Crippen LogP contribution in [-0.4, -0.2) is 39.9 Å². The lowest BCUT2D eigenvalue weighted by Gasteiger charge is -2.13. The lowest BCUT2D eigenvalue weighted by atomic mass is 10.1. The lowest BCUT2D eigenvalue weighted by Crippen LogP contribution is -2.40. The fourth-order valence-corrected chi connectivity index (χ4v) is 5.48. The van der Waals surface area contributed by atoms with Gasteiger partial charge in [0.15, 0.2) is 0 Å². The molecular weight excluding hydrogens is 488 g/mol. The second-order valence-electron chi connectivity index (χ2n) is 9.06. The monoisotopic (exact) mass is 518 g/mol. The number of hydrogen-bond acceptors (Lipinski definition) is 5. The average Bonchev–Trinajstić information content (AvgIpc) is 3.24. The molecule has 0 radical (unpaired) electrons. The Bertz CT molecular complexity index is 1590. The molecule has 37 heavy (non-hydrogen) atoms. The van der Waals surface area contributed by atoms with Gasteiger partial charge in [-0.25, -0.2) is 9.36 Å². The molecule has 1 N–H and O–H groups in total. The van der Waals surface area contributed by atoms with Crippen LogP contribution in [0.4, 0.5) is 5.69 Å². The van der Waals surface area contributed by atoms with E-state index in [1.54, 1.807) is 33.2 Å². The van der Waals surface area contributed by atoms with E-state index in [9.17, 15) is 19.2 Å². The molecule has 4 aromatic rings. The summed E-state index contributed by atoms with van der Waals surface area (Å²) in [5, 5.41) is 3.09. The molecule has 0 saturated carbocycles. The Morgan fingerprint density at radius 2 is 1.49 bits per heavy atom. The zero-order chi connectivity index (χ0) is 26.9. The van der Waals surface area contributed by atoms with E-state index in [0.29, 0.717) is 26.6 Å². The molecule has 2 heterocycles. The summed E-state index contributed by atoms with van der Waals surface area (Å²) < 4.78 is 2.36. The SMILES string of the molecule is CCc1ccc(NC(=O)Cn2c(=O)n(-c3ccc(CC)cc3)c(=O)c3c(C)c(C(=O)N(C)C)sc32)cc1. The lowest BCUT2D eigenvalue weighted by molar-refractivity contribution is -0.116. The molecule has 0 bridgehead atoms. The van der Waals surface area contributed by atoms with Crippen molar-refractivity contribution in [3.8, 4) is 5.69 Å². The van der Waals surface area contributed by atoms with Gasteiger partial charge in [-0.3, -0.25) is 19.0 Å². The highest BCUT2D eigenvalue weighted by atomic mass is 32.1. The van der Waals surface area contributed by atoms with Gasteiger partial charge in [-0.2, -0.15) is 0 Å². The fourth-order valence-electron chi connectivity index (χ4n) is 4.17. The zero-order valence-electron chi connectivity index (χ0n) is 21.6. The van der Waals surface area contributed by atoms with Gasteiger partial charge >= 0.3 is 5.69 Å². The van der Waals surface area contributed by atoms with Crippen molar-refractivity contribution in [3.05, 3.63) is 90.9 Å². The highest BCUT2D eigenvalue weighted by molar-refractivity contribution is 7.20. The van der Waals surface area contributed by atoms with Crippen LogP contribution in [0.1, 0.15) is 40.2 Å². The maximum atomic E-state index is 13.7. The molecule has 8 nitrogen and oxygen atoms in total. The van der Waals surface area contributed by atoms with Gasteiger partial charge in [0.2, 0.25) is 5.91 Å². The average molecular weight is 519 g/mol. The molecule has 0 aliphatic carbocycles. The minimum atomic E-state index is -0.636. The molecular formula is C28H30N4O4S. The predicted octanol–water partition coefficient (Wildman–Crippen LogP) is 3.99. The quantitative estimate of drug-likeness (QED) is 0.400. The second-order valence-corrected chi connectivity index (χ2v) is 10.1.